The second-order valence-corrected chi connectivity index (χ2v) is 3.92. The van der Waals surface area contributed by atoms with E-state index >= 15 is 0 Å². The second-order valence-electron chi connectivity index (χ2n) is 3.51. The lowest BCUT2D eigenvalue weighted by molar-refractivity contribution is 0.946. The molecule has 0 radical (unpaired) electrons. The van der Waals surface area contributed by atoms with Gasteiger partial charge in [0.25, 0.3) is 0 Å². The van der Waals surface area contributed by atoms with Crippen LogP contribution in [0.5, 0.6) is 0 Å². The van der Waals surface area contributed by atoms with Crippen molar-refractivity contribution in [3.8, 4) is 6.07 Å². The van der Waals surface area contributed by atoms with Crippen LogP contribution < -0.4 is 0 Å². The summed E-state index contributed by atoms with van der Waals surface area (Å²) in [6, 6.07) is 12.8. The van der Waals surface area contributed by atoms with E-state index in [0.29, 0.717) is 22.9 Å². The number of benzene rings is 1. The molecule has 1 aromatic carbocycles. The predicted molar refractivity (Wildman–Crippen MR) is 68.6 cm³/mol. The lowest BCUT2D eigenvalue weighted by Gasteiger charge is -1.98. The molecule has 0 spiro atoms. The van der Waals surface area contributed by atoms with Crippen molar-refractivity contribution >= 4 is 17.4 Å². The quantitative estimate of drug-likeness (QED) is 0.782. The van der Waals surface area contributed by atoms with Crippen molar-refractivity contribution in [3.05, 3.63) is 58.7 Å². The number of halogens is 1. The summed E-state index contributed by atoms with van der Waals surface area (Å²) in [4.78, 5) is 3.99. The molecule has 0 saturated heterocycles. The molecule has 0 aliphatic rings. The molecule has 1 aromatic heterocycles. The smallest absolute Gasteiger partial charge is 0.174 e. The lowest BCUT2D eigenvalue weighted by Crippen LogP contribution is -1.82. The number of azo groups is 1. The van der Waals surface area contributed by atoms with Gasteiger partial charge in [-0.25, -0.2) is 4.98 Å². The largest absolute Gasteiger partial charge is 0.234 e. The second kappa shape index (κ2) is 5.89. The maximum Gasteiger partial charge on any atom is 0.174 e. The highest BCUT2D eigenvalue weighted by atomic mass is 35.5. The van der Waals surface area contributed by atoms with Gasteiger partial charge in [0.1, 0.15) is 6.07 Å². The first kappa shape index (κ1) is 12.2. The zero-order valence-electron chi connectivity index (χ0n) is 9.42. The number of rotatable bonds is 3. The Bertz CT molecular complexity index is 599. The van der Waals surface area contributed by atoms with Crippen LogP contribution in [0.3, 0.4) is 0 Å². The van der Waals surface area contributed by atoms with Gasteiger partial charge < -0.3 is 0 Å². The molecule has 2 aromatic rings. The Hall–Kier alpha value is -2.25. The van der Waals surface area contributed by atoms with Gasteiger partial charge in [-0.3, -0.25) is 0 Å². The average Bonchev–Trinajstić information content (AvgIpc) is 2.42. The number of hydrogen-bond acceptors (Lipinski definition) is 4. The molecule has 0 unspecified atom stereocenters. The molecule has 0 bridgehead atoms. The molecule has 88 valence electrons. The predicted octanol–water partition coefficient (Wildman–Crippen LogP) is 3.89. The van der Waals surface area contributed by atoms with E-state index in [0.717, 1.165) is 5.56 Å². The van der Waals surface area contributed by atoms with Crippen LogP contribution in [0, 0.1) is 11.3 Å². The SMILES string of the molecule is N#Cc1ccc(N=NCc2ccccc2Cl)nc1. The third-order valence-electron chi connectivity index (χ3n) is 2.25. The Morgan fingerprint density at radius 2 is 2.06 bits per heavy atom. The zero-order valence-corrected chi connectivity index (χ0v) is 10.2. The Balaban J connectivity index is 2.03. The van der Waals surface area contributed by atoms with Crippen LogP contribution in [-0.4, -0.2) is 4.98 Å². The first-order chi connectivity index (χ1) is 8.79. The van der Waals surface area contributed by atoms with E-state index in [2.05, 4.69) is 15.2 Å². The molecule has 0 N–H and O–H groups in total. The number of aromatic nitrogens is 1. The molecule has 0 atom stereocenters. The van der Waals surface area contributed by atoms with Gasteiger partial charge in [0, 0.05) is 11.2 Å². The van der Waals surface area contributed by atoms with Crippen molar-refractivity contribution in [1.29, 1.82) is 5.26 Å². The molecule has 0 aliphatic carbocycles. The molecular formula is C13H9ClN4. The van der Waals surface area contributed by atoms with Crippen LogP contribution >= 0.6 is 11.6 Å². The molecule has 18 heavy (non-hydrogen) atoms. The van der Waals surface area contributed by atoms with Gasteiger partial charge in [-0.2, -0.15) is 10.4 Å². The van der Waals surface area contributed by atoms with Crippen LogP contribution in [0.4, 0.5) is 5.82 Å². The average molecular weight is 257 g/mol. The molecule has 0 amide bonds. The van der Waals surface area contributed by atoms with Gasteiger partial charge >= 0.3 is 0 Å². The van der Waals surface area contributed by atoms with E-state index in [-0.39, 0.29) is 0 Å². The van der Waals surface area contributed by atoms with Gasteiger partial charge in [0.05, 0.1) is 12.1 Å². The summed E-state index contributed by atoms with van der Waals surface area (Å²) in [5.74, 6) is 0.473. The fourth-order valence-corrected chi connectivity index (χ4v) is 1.52. The van der Waals surface area contributed by atoms with Crippen molar-refractivity contribution in [3.63, 3.8) is 0 Å². The van der Waals surface area contributed by atoms with Crippen LogP contribution in [0.1, 0.15) is 11.1 Å². The fraction of sp³-hybridized carbons (Fsp3) is 0.0769. The van der Waals surface area contributed by atoms with E-state index in [4.69, 9.17) is 16.9 Å². The van der Waals surface area contributed by atoms with Crippen molar-refractivity contribution in [2.24, 2.45) is 10.2 Å². The van der Waals surface area contributed by atoms with Gasteiger partial charge in [0.2, 0.25) is 0 Å². The number of hydrogen-bond donors (Lipinski definition) is 0. The van der Waals surface area contributed by atoms with Crippen LogP contribution in [0.2, 0.25) is 5.02 Å². The van der Waals surface area contributed by atoms with E-state index in [9.17, 15) is 0 Å². The highest BCUT2D eigenvalue weighted by molar-refractivity contribution is 6.31. The van der Waals surface area contributed by atoms with Crippen LogP contribution in [0.15, 0.2) is 52.8 Å². The third kappa shape index (κ3) is 3.12. The van der Waals surface area contributed by atoms with E-state index in [1.165, 1.54) is 6.20 Å². The van der Waals surface area contributed by atoms with E-state index in [1.807, 2.05) is 30.3 Å². The maximum absolute atomic E-state index is 8.63. The summed E-state index contributed by atoms with van der Waals surface area (Å²) in [7, 11) is 0. The van der Waals surface area contributed by atoms with Crippen molar-refractivity contribution < 1.29 is 0 Å². The molecular weight excluding hydrogens is 248 g/mol. The number of nitriles is 1. The summed E-state index contributed by atoms with van der Waals surface area (Å²) >= 11 is 5.99. The Kier molecular flexibility index (Phi) is 4.00. The van der Waals surface area contributed by atoms with E-state index in [1.54, 1.807) is 12.1 Å². The van der Waals surface area contributed by atoms with Gasteiger partial charge in [-0.1, -0.05) is 29.8 Å². The maximum atomic E-state index is 8.63. The third-order valence-corrected chi connectivity index (χ3v) is 2.62. The van der Waals surface area contributed by atoms with Crippen LogP contribution in [0.25, 0.3) is 0 Å². The number of nitrogens with zero attached hydrogens (tertiary/aromatic N) is 4. The first-order valence-electron chi connectivity index (χ1n) is 5.26. The molecule has 0 saturated carbocycles. The highest BCUT2D eigenvalue weighted by Crippen LogP contribution is 2.17. The summed E-state index contributed by atoms with van der Waals surface area (Å²) in [6.45, 7) is 0.404. The summed E-state index contributed by atoms with van der Waals surface area (Å²) in [5, 5.41) is 17.3. The summed E-state index contributed by atoms with van der Waals surface area (Å²) in [5.41, 5.74) is 1.41. The standard InChI is InChI=1S/C13H9ClN4/c14-12-4-2-1-3-11(12)9-17-18-13-6-5-10(7-15)8-16-13/h1-6,8H,9H2. The minimum atomic E-state index is 0.404. The summed E-state index contributed by atoms with van der Waals surface area (Å²) < 4.78 is 0. The topological polar surface area (TPSA) is 61.4 Å². The van der Waals surface area contributed by atoms with Crippen molar-refractivity contribution in [2.45, 2.75) is 6.54 Å². The monoisotopic (exact) mass is 256 g/mol. The summed E-state index contributed by atoms with van der Waals surface area (Å²) in [6.07, 6.45) is 1.46. The van der Waals surface area contributed by atoms with Gasteiger partial charge in [0.15, 0.2) is 5.82 Å². The lowest BCUT2D eigenvalue weighted by atomic mass is 10.2. The number of pyridine rings is 1. The molecule has 1 heterocycles. The Morgan fingerprint density at radius 1 is 1.22 bits per heavy atom. The zero-order chi connectivity index (χ0) is 12.8. The molecule has 5 heteroatoms. The molecule has 0 aliphatic heterocycles. The van der Waals surface area contributed by atoms with E-state index < -0.39 is 0 Å². The fourth-order valence-electron chi connectivity index (χ4n) is 1.32. The Morgan fingerprint density at radius 3 is 2.72 bits per heavy atom. The molecule has 2 rings (SSSR count). The van der Waals surface area contributed by atoms with Crippen molar-refractivity contribution in [1.82, 2.24) is 4.98 Å². The molecule has 0 fully saturated rings. The minimum Gasteiger partial charge on any atom is -0.234 e. The Labute approximate surface area is 110 Å². The van der Waals surface area contributed by atoms with Gasteiger partial charge in [-0.15, -0.1) is 5.11 Å². The first-order valence-corrected chi connectivity index (χ1v) is 5.64. The normalized spacial score (nSPS) is 10.4. The van der Waals surface area contributed by atoms with Gasteiger partial charge in [-0.05, 0) is 23.8 Å². The van der Waals surface area contributed by atoms with Crippen LogP contribution in [-0.2, 0) is 6.54 Å². The van der Waals surface area contributed by atoms with Crippen molar-refractivity contribution in [2.75, 3.05) is 0 Å². The molecule has 4 nitrogen and oxygen atoms in total. The highest BCUT2D eigenvalue weighted by Gasteiger charge is 1.97. The minimum absolute atomic E-state index is 0.404.